The highest BCUT2D eigenvalue weighted by Gasteiger charge is 2.19. The molecule has 0 bridgehead atoms. The summed E-state index contributed by atoms with van der Waals surface area (Å²) in [6.45, 7) is 6.46. The third-order valence-corrected chi connectivity index (χ3v) is 12.4. The van der Waals surface area contributed by atoms with Gasteiger partial charge in [-0.3, -0.25) is 14.4 Å². The second-order valence-corrected chi connectivity index (χ2v) is 19.2. The van der Waals surface area contributed by atoms with Crippen LogP contribution in [0.3, 0.4) is 0 Å². The van der Waals surface area contributed by atoms with E-state index in [4.69, 9.17) is 14.2 Å². The Balaban J connectivity index is 4.48. The van der Waals surface area contributed by atoms with E-state index in [2.05, 4.69) is 99.8 Å². The van der Waals surface area contributed by atoms with Crippen LogP contribution < -0.4 is 0 Å². The van der Waals surface area contributed by atoms with E-state index < -0.39 is 6.10 Å². The van der Waals surface area contributed by atoms with Crippen molar-refractivity contribution in [2.75, 3.05) is 13.2 Å². The SMILES string of the molecule is CC/C=C\C/C=C\C/C=C\C/C=C\C/C=C\CCC(=O)OCC(COC(=O)CCCCCCC/C=C\CCCCCCCCCCC)OC(=O)CCCCCCCCC/C=C\CCCCCCCC. The van der Waals surface area contributed by atoms with Gasteiger partial charge in [0.15, 0.2) is 6.10 Å². The van der Waals surface area contributed by atoms with Gasteiger partial charge in [0, 0.05) is 19.3 Å². The lowest BCUT2D eigenvalue weighted by Crippen LogP contribution is -2.30. The molecule has 0 radical (unpaired) electrons. The Bertz CT molecular complexity index is 1330. The molecular weight excluding hydrogens is 853 g/mol. The molecule has 0 heterocycles. The van der Waals surface area contributed by atoms with Crippen molar-refractivity contribution < 1.29 is 28.6 Å². The Morgan fingerprint density at radius 2 is 0.594 bits per heavy atom. The third-order valence-electron chi connectivity index (χ3n) is 12.4. The first-order valence-corrected chi connectivity index (χ1v) is 29.1. The highest BCUT2D eigenvalue weighted by Crippen LogP contribution is 2.15. The van der Waals surface area contributed by atoms with Crippen LogP contribution in [0.2, 0.25) is 0 Å². The van der Waals surface area contributed by atoms with Crippen LogP contribution >= 0.6 is 0 Å². The maximum atomic E-state index is 12.9. The lowest BCUT2D eigenvalue weighted by molar-refractivity contribution is -0.166. The summed E-state index contributed by atoms with van der Waals surface area (Å²) in [4.78, 5) is 38.1. The summed E-state index contributed by atoms with van der Waals surface area (Å²) in [6.07, 6.45) is 74.4. The number of unbranched alkanes of at least 4 members (excludes halogenated alkanes) is 27. The summed E-state index contributed by atoms with van der Waals surface area (Å²) >= 11 is 0. The van der Waals surface area contributed by atoms with E-state index in [9.17, 15) is 14.4 Å². The molecular formula is C63H108O6. The van der Waals surface area contributed by atoms with Gasteiger partial charge in [-0.15, -0.1) is 0 Å². The zero-order valence-corrected chi connectivity index (χ0v) is 45.3. The molecule has 0 saturated heterocycles. The van der Waals surface area contributed by atoms with Crippen LogP contribution in [0.1, 0.15) is 278 Å². The average molecular weight is 962 g/mol. The molecule has 0 aliphatic heterocycles. The zero-order valence-electron chi connectivity index (χ0n) is 45.3. The Kier molecular flexibility index (Phi) is 54.3. The predicted molar refractivity (Wildman–Crippen MR) is 297 cm³/mol. The Hall–Kier alpha value is -3.41. The molecule has 1 atom stereocenters. The lowest BCUT2D eigenvalue weighted by atomic mass is 10.1. The number of esters is 3. The quantitative estimate of drug-likeness (QED) is 0.0262. The predicted octanol–water partition coefficient (Wildman–Crippen LogP) is 19.5. The minimum atomic E-state index is -0.813. The van der Waals surface area contributed by atoms with E-state index in [-0.39, 0.29) is 37.5 Å². The molecule has 0 aromatic rings. The molecule has 0 aliphatic rings. The first-order valence-electron chi connectivity index (χ1n) is 29.1. The van der Waals surface area contributed by atoms with Crippen molar-refractivity contribution in [2.24, 2.45) is 0 Å². The summed E-state index contributed by atoms with van der Waals surface area (Å²) in [7, 11) is 0. The highest BCUT2D eigenvalue weighted by atomic mass is 16.6. The first-order chi connectivity index (χ1) is 34.0. The number of allylic oxidation sites excluding steroid dienone is 14. The van der Waals surface area contributed by atoms with Gasteiger partial charge in [0.25, 0.3) is 0 Å². The highest BCUT2D eigenvalue weighted by molar-refractivity contribution is 5.71. The van der Waals surface area contributed by atoms with Gasteiger partial charge < -0.3 is 14.2 Å². The standard InChI is InChI=1S/C63H108O6/c1-4-7-10-13-16-19-22-25-28-31-33-35-38-41-44-47-50-53-56-62(65)68-59-60(58-67-61(64)55-52-49-46-43-40-37-34-30-27-24-21-18-15-12-9-6-3)69-63(66)57-54-51-48-45-42-39-36-32-29-26-23-20-17-14-11-8-5-2/h9,12,18,21,26-27,29-30,33,35,37,40,46,49,60H,4-8,10-11,13-17,19-20,22-25,28,31-32,34,36,38-39,41-45,47-48,50-59H2,1-3H3/b12-9-,21-18-,29-26-,30-27-,35-33-,40-37-,49-46-. The van der Waals surface area contributed by atoms with Gasteiger partial charge >= 0.3 is 17.9 Å². The summed E-state index contributed by atoms with van der Waals surface area (Å²) in [5, 5.41) is 0. The van der Waals surface area contributed by atoms with Crippen molar-refractivity contribution >= 4 is 17.9 Å². The number of carbonyl (C=O) groups is 3. The van der Waals surface area contributed by atoms with E-state index in [1.165, 1.54) is 154 Å². The van der Waals surface area contributed by atoms with Gasteiger partial charge in [-0.25, -0.2) is 0 Å². The summed E-state index contributed by atoms with van der Waals surface area (Å²) in [6, 6.07) is 0. The zero-order chi connectivity index (χ0) is 50.0. The summed E-state index contributed by atoms with van der Waals surface area (Å²) in [5.74, 6) is -0.997. The Morgan fingerprint density at radius 3 is 0.971 bits per heavy atom. The molecule has 0 aromatic carbocycles. The number of ether oxygens (including phenoxy) is 3. The third kappa shape index (κ3) is 55.4. The fourth-order valence-corrected chi connectivity index (χ4v) is 8.01. The topological polar surface area (TPSA) is 78.9 Å². The molecule has 6 nitrogen and oxygen atoms in total. The van der Waals surface area contributed by atoms with Gasteiger partial charge in [-0.2, -0.15) is 0 Å². The maximum absolute atomic E-state index is 12.9. The number of hydrogen-bond acceptors (Lipinski definition) is 6. The molecule has 0 amide bonds. The molecule has 1 unspecified atom stereocenters. The smallest absolute Gasteiger partial charge is 0.306 e. The molecule has 0 spiro atoms. The molecule has 0 saturated carbocycles. The van der Waals surface area contributed by atoms with Gasteiger partial charge in [0.05, 0.1) is 0 Å². The van der Waals surface area contributed by atoms with Crippen LogP contribution in [0.4, 0.5) is 0 Å². The van der Waals surface area contributed by atoms with Crippen molar-refractivity contribution in [3.8, 4) is 0 Å². The molecule has 0 aromatic heterocycles. The molecule has 0 fully saturated rings. The average Bonchev–Trinajstić information content (AvgIpc) is 3.35. The summed E-state index contributed by atoms with van der Waals surface area (Å²) in [5.41, 5.74) is 0. The number of rotatable bonds is 52. The Morgan fingerprint density at radius 1 is 0.304 bits per heavy atom. The van der Waals surface area contributed by atoms with E-state index in [1.807, 2.05) is 6.08 Å². The van der Waals surface area contributed by atoms with Crippen LogP contribution in [0.25, 0.3) is 0 Å². The fraction of sp³-hybridized carbons (Fsp3) is 0.730. The van der Waals surface area contributed by atoms with Crippen LogP contribution in [-0.2, 0) is 28.6 Å². The second kappa shape index (κ2) is 57.2. The van der Waals surface area contributed by atoms with Crippen LogP contribution in [-0.4, -0.2) is 37.2 Å². The molecule has 69 heavy (non-hydrogen) atoms. The monoisotopic (exact) mass is 961 g/mol. The lowest BCUT2D eigenvalue weighted by Gasteiger charge is -2.18. The van der Waals surface area contributed by atoms with Crippen LogP contribution in [0.15, 0.2) is 85.1 Å². The van der Waals surface area contributed by atoms with Gasteiger partial charge in [-0.1, -0.05) is 241 Å². The second-order valence-electron chi connectivity index (χ2n) is 19.2. The fourth-order valence-electron chi connectivity index (χ4n) is 8.01. The van der Waals surface area contributed by atoms with Crippen LogP contribution in [0.5, 0.6) is 0 Å². The normalized spacial score (nSPS) is 12.7. The van der Waals surface area contributed by atoms with Crippen molar-refractivity contribution in [3.63, 3.8) is 0 Å². The molecule has 396 valence electrons. The molecule has 0 rings (SSSR count). The van der Waals surface area contributed by atoms with Crippen molar-refractivity contribution in [2.45, 2.75) is 284 Å². The number of hydrogen-bond donors (Lipinski definition) is 0. The van der Waals surface area contributed by atoms with Gasteiger partial charge in [-0.05, 0) is 103 Å². The molecule has 0 N–H and O–H groups in total. The van der Waals surface area contributed by atoms with E-state index in [1.54, 1.807) is 0 Å². The van der Waals surface area contributed by atoms with Crippen molar-refractivity contribution in [1.29, 1.82) is 0 Å². The molecule has 0 aliphatic carbocycles. The summed E-state index contributed by atoms with van der Waals surface area (Å²) < 4.78 is 16.8. The van der Waals surface area contributed by atoms with Gasteiger partial charge in [0.2, 0.25) is 0 Å². The van der Waals surface area contributed by atoms with E-state index >= 15 is 0 Å². The van der Waals surface area contributed by atoms with E-state index in [0.29, 0.717) is 19.3 Å². The Labute approximate surface area is 426 Å². The number of carbonyl (C=O) groups excluding carboxylic acids is 3. The minimum absolute atomic E-state index is 0.105. The van der Waals surface area contributed by atoms with Gasteiger partial charge in [0.1, 0.15) is 13.2 Å². The van der Waals surface area contributed by atoms with Crippen LogP contribution in [0, 0.1) is 0 Å². The molecule has 6 heteroatoms. The minimum Gasteiger partial charge on any atom is -0.462 e. The largest absolute Gasteiger partial charge is 0.462 e. The maximum Gasteiger partial charge on any atom is 0.306 e. The first kappa shape index (κ1) is 65.6. The van der Waals surface area contributed by atoms with Crippen molar-refractivity contribution in [1.82, 2.24) is 0 Å². The van der Waals surface area contributed by atoms with Crippen molar-refractivity contribution in [3.05, 3.63) is 85.1 Å². The van der Waals surface area contributed by atoms with E-state index in [0.717, 1.165) is 77.0 Å².